The van der Waals surface area contributed by atoms with Crippen LogP contribution in [0.15, 0.2) is 23.3 Å². The van der Waals surface area contributed by atoms with Gasteiger partial charge in [-0.15, -0.1) is 0 Å². The fraction of sp³-hybridized carbons (Fsp3) is 0.647. The quantitative estimate of drug-likeness (QED) is 0.392. The molecule has 2 N–H and O–H groups in total. The minimum atomic E-state index is 0.689. The predicted octanol–water partition coefficient (Wildman–Crippen LogP) is 2.02. The van der Waals surface area contributed by atoms with E-state index in [0.717, 1.165) is 49.9 Å². The number of aromatic nitrogens is 1. The van der Waals surface area contributed by atoms with Crippen LogP contribution in [0.25, 0.3) is 0 Å². The maximum absolute atomic E-state index is 5.55. The number of pyridine rings is 1. The second-order valence-electron chi connectivity index (χ2n) is 5.55. The summed E-state index contributed by atoms with van der Waals surface area (Å²) in [7, 11) is 5.78. The Morgan fingerprint density at radius 1 is 1.26 bits per heavy atom. The van der Waals surface area contributed by atoms with E-state index >= 15 is 0 Å². The number of anilines is 1. The van der Waals surface area contributed by atoms with Gasteiger partial charge in [0.2, 0.25) is 0 Å². The molecule has 1 aromatic rings. The number of hydrogen-bond donors (Lipinski definition) is 2. The molecule has 23 heavy (non-hydrogen) atoms. The molecular weight excluding hydrogens is 290 g/mol. The van der Waals surface area contributed by atoms with E-state index < -0.39 is 0 Å². The molecule has 6 heteroatoms. The van der Waals surface area contributed by atoms with Crippen LogP contribution in [0.5, 0.6) is 0 Å². The Hall–Kier alpha value is -1.82. The first kappa shape index (κ1) is 19.2. The van der Waals surface area contributed by atoms with Crippen molar-refractivity contribution in [2.75, 3.05) is 45.8 Å². The van der Waals surface area contributed by atoms with Gasteiger partial charge in [-0.1, -0.05) is 19.4 Å². The summed E-state index contributed by atoms with van der Waals surface area (Å²) < 4.78 is 5.55. The van der Waals surface area contributed by atoms with Gasteiger partial charge in [0.25, 0.3) is 0 Å². The molecule has 0 saturated heterocycles. The molecule has 0 radical (unpaired) electrons. The zero-order valence-corrected chi connectivity index (χ0v) is 14.9. The summed E-state index contributed by atoms with van der Waals surface area (Å²) in [4.78, 5) is 10.7. The molecule has 0 aromatic carbocycles. The lowest BCUT2D eigenvalue weighted by molar-refractivity contribution is 0.129. The monoisotopic (exact) mass is 321 g/mol. The van der Waals surface area contributed by atoms with Crippen LogP contribution in [0.2, 0.25) is 0 Å². The lowest BCUT2D eigenvalue weighted by Crippen LogP contribution is -2.37. The Morgan fingerprint density at radius 3 is 2.74 bits per heavy atom. The molecule has 0 atom stereocenters. The number of guanidine groups is 1. The Balaban J connectivity index is 2.29. The van der Waals surface area contributed by atoms with Gasteiger partial charge in [-0.25, -0.2) is 4.98 Å². The second-order valence-corrected chi connectivity index (χ2v) is 5.55. The van der Waals surface area contributed by atoms with Crippen LogP contribution in [0.1, 0.15) is 31.7 Å². The molecular formula is C17H31N5O. The van der Waals surface area contributed by atoms with Gasteiger partial charge < -0.3 is 20.3 Å². The van der Waals surface area contributed by atoms with Crippen molar-refractivity contribution in [2.24, 2.45) is 4.99 Å². The topological polar surface area (TPSA) is 61.8 Å². The summed E-state index contributed by atoms with van der Waals surface area (Å²) in [6.45, 7) is 5.35. The third-order valence-electron chi connectivity index (χ3n) is 3.36. The molecule has 0 bridgehead atoms. The van der Waals surface area contributed by atoms with E-state index in [4.69, 9.17) is 4.74 Å². The van der Waals surface area contributed by atoms with Gasteiger partial charge in [0.05, 0.1) is 0 Å². The third kappa shape index (κ3) is 7.83. The number of nitrogens with one attached hydrogen (secondary N) is 2. The molecule has 0 aliphatic heterocycles. The van der Waals surface area contributed by atoms with Crippen molar-refractivity contribution >= 4 is 11.8 Å². The lowest BCUT2D eigenvalue weighted by Gasteiger charge is -2.17. The van der Waals surface area contributed by atoms with Gasteiger partial charge in [0.15, 0.2) is 5.96 Å². The molecule has 130 valence electrons. The number of ether oxygens (including phenoxy) is 1. The van der Waals surface area contributed by atoms with E-state index in [2.05, 4.69) is 33.6 Å². The summed E-state index contributed by atoms with van der Waals surface area (Å²) in [5.41, 5.74) is 1.14. The highest BCUT2D eigenvalue weighted by Gasteiger charge is 2.06. The largest absolute Gasteiger partial charge is 0.381 e. The number of rotatable bonds is 10. The molecule has 1 aromatic heterocycles. The Labute approximate surface area is 140 Å². The van der Waals surface area contributed by atoms with E-state index in [9.17, 15) is 0 Å². The predicted molar refractivity (Wildman–Crippen MR) is 97.1 cm³/mol. The van der Waals surface area contributed by atoms with Crippen LogP contribution < -0.4 is 15.5 Å². The van der Waals surface area contributed by atoms with E-state index in [0.29, 0.717) is 6.54 Å². The second kappa shape index (κ2) is 11.7. The Bertz CT molecular complexity index is 462. The maximum atomic E-state index is 5.55. The molecule has 0 unspecified atom stereocenters. The average molecular weight is 321 g/mol. The minimum absolute atomic E-state index is 0.689. The van der Waals surface area contributed by atoms with Crippen molar-refractivity contribution < 1.29 is 4.74 Å². The van der Waals surface area contributed by atoms with Gasteiger partial charge in [-0.05, 0) is 18.9 Å². The number of aliphatic imine (C=N–C) groups is 1. The fourth-order valence-corrected chi connectivity index (χ4v) is 2.10. The van der Waals surface area contributed by atoms with Crippen LogP contribution in [0, 0.1) is 0 Å². The molecule has 0 fully saturated rings. The van der Waals surface area contributed by atoms with Crippen molar-refractivity contribution in [1.29, 1.82) is 0 Å². The molecule has 0 saturated carbocycles. The van der Waals surface area contributed by atoms with Gasteiger partial charge in [0.1, 0.15) is 5.82 Å². The van der Waals surface area contributed by atoms with Gasteiger partial charge >= 0.3 is 0 Å². The van der Waals surface area contributed by atoms with E-state index in [1.165, 1.54) is 6.42 Å². The van der Waals surface area contributed by atoms with Crippen LogP contribution in [-0.4, -0.2) is 51.8 Å². The van der Waals surface area contributed by atoms with E-state index in [1.54, 1.807) is 7.05 Å². The van der Waals surface area contributed by atoms with Gasteiger partial charge in [-0.2, -0.15) is 0 Å². The highest BCUT2D eigenvalue weighted by molar-refractivity contribution is 5.79. The number of nitrogens with zero attached hydrogens (tertiary/aromatic N) is 3. The van der Waals surface area contributed by atoms with Crippen molar-refractivity contribution in [3.63, 3.8) is 0 Å². The van der Waals surface area contributed by atoms with Crippen molar-refractivity contribution in [3.05, 3.63) is 23.9 Å². The summed E-state index contributed by atoms with van der Waals surface area (Å²) in [6.07, 6.45) is 5.10. The lowest BCUT2D eigenvalue weighted by atomic mass is 10.2. The van der Waals surface area contributed by atoms with Crippen LogP contribution in [-0.2, 0) is 11.3 Å². The molecule has 1 rings (SSSR count). The molecule has 6 nitrogen and oxygen atoms in total. The van der Waals surface area contributed by atoms with E-state index in [1.807, 2.05) is 31.3 Å². The van der Waals surface area contributed by atoms with Crippen LogP contribution in [0.4, 0.5) is 5.82 Å². The summed E-state index contributed by atoms with van der Waals surface area (Å²) >= 11 is 0. The first-order valence-corrected chi connectivity index (χ1v) is 8.32. The normalized spacial score (nSPS) is 11.4. The Kier molecular flexibility index (Phi) is 9.79. The van der Waals surface area contributed by atoms with Crippen molar-refractivity contribution in [2.45, 2.75) is 32.7 Å². The SMILES string of the molecule is CCCCOCCCNC(=NC)NCc1cccnc1N(C)C. The highest BCUT2D eigenvalue weighted by atomic mass is 16.5. The summed E-state index contributed by atoms with van der Waals surface area (Å²) in [6, 6.07) is 4.03. The fourth-order valence-electron chi connectivity index (χ4n) is 2.10. The zero-order chi connectivity index (χ0) is 16.9. The van der Waals surface area contributed by atoms with Crippen molar-refractivity contribution in [3.8, 4) is 0 Å². The Morgan fingerprint density at radius 2 is 2.04 bits per heavy atom. The summed E-state index contributed by atoms with van der Waals surface area (Å²) in [5, 5.41) is 6.63. The first-order valence-electron chi connectivity index (χ1n) is 8.32. The molecule has 0 spiro atoms. The van der Waals surface area contributed by atoms with Gasteiger partial charge in [-0.3, -0.25) is 4.99 Å². The molecule has 0 amide bonds. The summed E-state index contributed by atoms with van der Waals surface area (Å²) in [5.74, 6) is 1.77. The molecule has 0 aliphatic rings. The van der Waals surface area contributed by atoms with Crippen molar-refractivity contribution in [1.82, 2.24) is 15.6 Å². The highest BCUT2D eigenvalue weighted by Crippen LogP contribution is 2.13. The standard InChI is InChI=1S/C17H31N5O/c1-5-6-12-23-13-8-11-20-17(18-2)21-14-15-9-7-10-19-16(15)22(3)4/h7,9-10H,5-6,8,11-14H2,1-4H3,(H2,18,20,21). The smallest absolute Gasteiger partial charge is 0.191 e. The zero-order valence-electron chi connectivity index (χ0n) is 14.9. The first-order chi connectivity index (χ1) is 11.2. The third-order valence-corrected chi connectivity index (χ3v) is 3.36. The molecule has 0 aliphatic carbocycles. The minimum Gasteiger partial charge on any atom is -0.381 e. The van der Waals surface area contributed by atoms with E-state index in [-0.39, 0.29) is 0 Å². The maximum Gasteiger partial charge on any atom is 0.191 e. The number of unbranched alkanes of at least 4 members (excludes halogenated alkanes) is 1. The van der Waals surface area contributed by atoms with Gasteiger partial charge in [0, 0.05) is 59.2 Å². The molecule has 1 heterocycles. The van der Waals surface area contributed by atoms with Crippen LogP contribution >= 0.6 is 0 Å². The number of hydrogen-bond acceptors (Lipinski definition) is 4. The average Bonchev–Trinajstić information content (AvgIpc) is 2.57. The van der Waals surface area contributed by atoms with Crippen LogP contribution in [0.3, 0.4) is 0 Å².